The molecular formula is C23H30N2O3S. The normalized spacial score (nSPS) is 19.8. The predicted octanol–water partition coefficient (Wildman–Crippen LogP) is 4.16. The van der Waals surface area contributed by atoms with Gasteiger partial charge in [-0.15, -0.1) is 0 Å². The molecule has 0 radical (unpaired) electrons. The molecule has 29 heavy (non-hydrogen) atoms. The van der Waals surface area contributed by atoms with Crippen molar-refractivity contribution in [3.8, 4) is 5.75 Å². The molecular weight excluding hydrogens is 384 g/mol. The Hall–Kier alpha value is -2.05. The van der Waals surface area contributed by atoms with E-state index in [4.69, 9.17) is 4.74 Å². The van der Waals surface area contributed by atoms with Gasteiger partial charge in [-0.1, -0.05) is 18.2 Å². The molecule has 156 valence electrons. The van der Waals surface area contributed by atoms with E-state index < -0.39 is 10.0 Å². The fourth-order valence-corrected chi connectivity index (χ4v) is 5.98. The molecule has 2 saturated heterocycles. The molecule has 2 aromatic carbocycles. The molecule has 2 heterocycles. The first-order valence-electron chi connectivity index (χ1n) is 10.4. The van der Waals surface area contributed by atoms with Gasteiger partial charge in [0.15, 0.2) is 0 Å². The fraction of sp³-hybridized carbons (Fsp3) is 0.478. The molecule has 4 rings (SSSR count). The van der Waals surface area contributed by atoms with E-state index >= 15 is 0 Å². The number of nitrogens with zero attached hydrogens (tertiary/aromatic N) is 2. The lowest BCUT2D eigenvalue weighted by Gasteiger charge is -2.38. The Morgan fingerprint density at radius 3 is 2.14 bits per heavy atom. The van der Waals surface area contributed by atoms with Crippen LogP contribution in [0.1, 0.15) is 33.1 Å². The van der Waals surface area contributed by atoms with Crippen molar-refractivity contribution in [1.29, 1.82) is 0 Å². The minimum atomic E-state index is -3.38. The molecule has 1 spiro atoms. The number of sulfonamides is 1. The Kier molecular flexibility index (Phi) is 5.58. The number of ether oxygens (including phenoxy) is 1. The smallest absolute Gasteiger partial charge is 0.243 e. The van der Waals surface area contributed by atoms with E-state index in [1.165, 1.54) is 5.69 Å². The fourth-order valence-electron chi connectivity index (χ4n) is 4.51. The second-order valence-corrected chi connectivity index (χ2v) is 10.5. The maximum absolute atomic E-state index is 12.9. The maximum atomic E-state index is 12.9. The Morgan fingerprint density at radius 1 is 0.897 bits per heavy atom. The van der Waals surface area contributed by atoms with Gasteiger partial charge in [-0.05, 0) is 74.9 Å². The van der Waals surface area contributed by atoms with E-state index in [2.05, 4.69) is 17.0 Å². The zero-order chi connectivity index (χ0) is 20.5. The van der Waals surface area contributed by atoms with Gasteiger partial charge in [0.25, 0.3) is 0 Å². The number of benzene rings is 2. The average Bonchev–Trinajstić information content (AvgIpc) is 3.12. The van der Waals surface area contributed by atoms with E-state index in [0.717, 1.165) is 38.1 Å². The van der Waals surface area contributed by atoms with Crippen LogP contribution in [0.15, 0.2) is 59.5 Å². The number of anilines is 1. The van der Waals surface area contributed by atoms with E-state index in [1.807, 2.05) is 32.0 Å². The largest absolute Gasteiger partial charge is 0.491 e. The van der Waals surface area contributed by atoms with Gasteiger partial charge in [-0.3, -0.25) is 0 Å². The molecule has 0 atom stereocenters. The molecule has 2 fully saturated rings. The second kappa shape index (κ2) is 8.00. The van der Waals surface area contributed by atoms with Gasteiger partial charge >= 0.3 is 0 Å². The van der Waals surface area contributed by atoms with Crippen LogP contribution in [0.4, 0.5) is 5.69 Å². The Labute approximate surface area is 174 Å². The highest BCUT2D eigenvalue weighted by Gasteiger charge is 2.43. The molecule has 2 aromatic rings. The van der Waals surface area contributed by atoms with Crippen LogP contribution >= 0.6 is 0 Å². The van der Waals surface area contributed by atoms with Crippen LogP contribution in [0.3, 0.4) is 0 Å². The highest BCUT2D eigenvalue weighted by molar-refractivity contribution is 7.89. The third-order valence-electron chi connectivity index (χ3n) is 6.18. The van der Waals surface area contributed by atoms with Crippen LogP contribution in [-0.2, 0) is 10.0 Å². The predicted molar refractivity (Wildman–Crippen MR) is 116 cm³/mol. The van der Waals surface area contributed by atoms with Gasteiger partial charge in [-0.25, -0.2) is 8.42 Å². The number of hydrogen-bond donors (Lipinski definition) is 0. The van der Waals surface area contributed by atoms with Crippen LogP contribution in [0.2, 0.25) is 0 Å². The number of rotatable bonds is 5. The zero-order valence-electron chi connectivity index (χ0n) is 17.3. The van der Waals surface area contributed by atoms with Crippen LogP contribution in [0, 0.1) is 5.41 Å². The van der Waals surface area contributed by atoms with Crippen molar-refractivity contribution in [2.24, 2.45) is 5.41 Å². The molecule has 0 aromatic heterocycles. The first-order chi connectivity index (χ1) is 13.9. The van der Waals surface area contributed by atoms with Gasteiger partial charge in [-0.2, -0.15) is 4.31 Å². The minimum Gasteiger partial charge on any atom is -0.491 e. The summed E-state index contributed by atoms with van der Waals surface area (Å²) in [5.74, 6) is 0.900. The Morgan fingerprint density at radius 2 is 1.52 bits per heavy atom. The van der Waals surface area contributed by atoms with Crippen molar-refractivity contribution in [2.75, 3.05) is 31.1 Å². The van der Waals surface area contributed by atoms with Crippen molar-refractivity contribution >= 4 is 15.7 Å². The summed E-state index contributed by atoms with van der Waals surface area (Å²) in [5, 5.41) is 0. The van der Waals surface area contributed by atoms with Gasteiger partial charge in [0.1, 0.15) is 5.75 Å². The summed E-state index contributed by atoms with van der Waals surface area (Å²) in [6.45, 7) is 7.29. The van der Waals surface area contributed by atoms with Crippen LogP contribution in [0.5, 0.6) is 5.75 Å². The van der Waals surface area contributed by atoms with Crippen molar-refractivity contribution in [3.63, 3.8) is 0 Å². The van der Waals surface area contributed by atoms with Crippen molar-refractivity contribution in [2.45, 2.75) is 44.1 Å². The summed E-state index contributed by atoms with van der Waals surface area (Å²) < 4.78 is 33.2. The van der Waals surface area contributed by atoms with Crippen LogP contribution in [-0.4, -0.2) is 45.0 Å². The highest BCUT2D eigenvalue weighted by atomic mass is 32.2. The van der Waals surface area contributed by atoms with Crippen molar-refractivity contribution < 1.29 is 13.2 Å². The lowest BCUT2D eigenvalue weighted by molar-refractivity contribution is 0.177. The molecule has 0 aliphatic carbocycles. The third kappa shape index (κ3) is 4.28. The van der Waals surface area contributed by atoms with Crippen LogP contribution in [0.25, 0.3) is 0 Å². The number of hydrogen-bond acceptors (Lipinski definition) is 4. The summed E-state index contributed by atoms with van der Waals surface area (Å²) in [6.07, 6.45) is 3.14. The summed E-state index contributed by atoms with van der Waals surface area (Å²) in [4.78, 5) is 2.83. The quantitative estimate of drug-likeness (QED) is 0.737. The molecule has 0 unspecified atom stereocenters. The van der Waals surface area contributed by atoms with Crippen molar-refractivity contribution in [1.82, 2.24) is 4.31 Å². The molecule has 2 aliphatic rings. The third-order valence-corrected chi connectivity index (χ3v) is 8.09. The van der Waals surface area contributed by atoms with Gasteiger partial charge in [0, 0.05) is 31.9 Å². The van der Waals surface area contributed by atoms with Gasteiger partial charge in [0.05, 0.1) is 11.0 Å². The van der Waals surface area contributed by atoms with Crippen LogP contribution < -0.4 is 9.64 Å². The summed E-state index contributed by atoms with van der Waals surface area (Å²) in [6, 6.07) is 17.1. The zero-order valence-corrected chi connectivity index (χ0v) is 18.1. The molecule has 5 nitrogen and oxygen atoms in total. The molecule has 0 amide bonds. The summed E-state index contributed by atoms with van der Waals surface area (Å²) >= 11 is 0. The number of piperidine rings is 1. The van der Waals surface area contributed by atoms with Gasteiger partial charge < -0.3 is 9.64 Å². The lowest BCUT2D eigenvalue weighted by Crippen LogP contribution is -2.44. The standard InChI is InChI=1S/C23H30N2O3S/c1-19(2)28-21-10-8-20(9-11-21)24-15-12-23(18-24)13-16-25(17-14-23)29(26,27)22-6-4-3-5-7-22/h3-11,19H,12-18H2,1-2H3. The topological polar surface area (TPSA) is 49.9 Å². The van der Waals surface area contributed by atoms with E-state index in [-0.39, 0.29) is 11.5 Å². The van der Waals surface area contributed by atoms with Gasteiger partial charge in [0.2, 0.25) is 10.0 Å². The Bertz CT molecular complexity index is 918. The van der Waals surface area contributed by atoms with E-state index in [9.17, 15) is 8.42 Å². The van der Waals surface area contributed by atoms with Crippen molar-refractivity contribution in [3.05, 3.63) is 54.6 Å². The minimum absolute atomic E-state index is 0.174. The lowest BCUT2D eigenvalue weighted by atomic mass is 9.78. The SMILES string of the molecule is CC(C)Oc1ccc(N2CCC3(CCN(S(=O)(=O)c4ccccc4)CC3)C2)cc1. The second-order valence-electron chi connectivity index (χ2n) is 8.55. The summed E-state index contributed by atoms with van der Waals surface area (Å²) in [7, 11) is -3.38. The highest BCUT2D eigenvalue weighted by Crippen LogP contribution is 2.43. The average molecular weight is 415 g/mol. The first-order valence-corrected chi connectivity index (χ1v) is 11.9. The maximum Gasteiger partial charge on any atom is 0.243 e. The van der Waals surface area contributed by atoms with E-state index in [1.54, 1.807) is 28.6 Å². The Balaban J connectivity index is 1.38. The van der Waals surface area contributed by atoms with E-state index in [0.29, 0.717) is 18.0 Å². The molecule has 0 N–H and O–H groups in total. The molecule has 0 saturated carbocycles. The molecule has 6 heteroatoms. The molecule has 2 aliphatic heterocycles. The first kappa shape index (κ1) is 20.2. The monoisotopic (exact) mass is 414 g/mol. The molecule has 0 bridgehead atoms. The summed E-state index contributed by atoms with van der Waals surface area (Å²) in [5.41, 5.74) is 1.44.